The molecule has 0 aromatic heterocycles. The summed E-state index contributed by atoms with van der Waals surface area (Å²) < 4.78 is 18.9. The number of halogens is 1. The predicted octanol–water partition coefficient (Wildman–Crippen LogP) is 2.44. The molecule has 0 saturated carbocycles. The third-order valence-electron chi connectivity index (χ3n) is 2.42. The summed E-state index contributed by atoms with van der Waals surface area (Å²) in [5.74, 6) is -2.39. The Hall–Kier alpha value is -2.48. The average Bonchev–Trinajstić information content (AvgIpc) is 2.38. The zero-order valence-electron chi connectivity index (χ0n) is 11.4. The molecule has 1 aromatic rings. The number of carbonyl (C=O) groups is 1. The molecule has 2 N–H and O–H groups in total. The molecule has 0 fully saturated rings. The maximum atomic E-state index is 13.7. The van der Waals surface area contributed by atoms with Gasteiger partial charge < -0.3 is 15.2 Å². The highest BCUT2D eigenvalue weighted by atomic mass is 19.1. The molecule has 8 heteroatoms. The monoisotopic (exact) mass is 298 g/mol. The summed E-state index contributed by atoms with van der Waals surface area (Å²) >= 11 is 0. The van der Waals surface area contributed by atoms with Crippen LogP contribution in [0.25, 0.3) is 0 Å². The number of carboxylic acids is 1. The number of hydrogen-bond acceptors (Lipinski definition) is 5. The first kappa shape index (κ1) is 16.6. The molecule has 0 atom stereocenters. The smallest absolute Gasteiger partial charge is 0.342 e. The Bertz CT molecular complexity index is 574. The molecule has 0 saturated heterocycles. The largest absolute Gasteiger partial charge is 0.477 e. The van der Waals surface area contributed by atoms with Crippen molar-refractivity contribution in [3.05, 3.63) is 45.8 Å². The van der Waals surface area contributed by atoms with Crippen molar-refractivity contribution >= 4 is 17.3 Å². The minimum absolute atomic E-state index is 0.128. The van der Waals surface area contributed by atoms with Crippen LogP contribution in [0.2, 0.25) is 0 Å². The first-order chi connectivity index (χ1) is 9.82. The minimum atomic E-state index is -1.50. The highest BCUT2D eigenvalue weighted by Crippen LogP contribution is 2.26. The lowest BCUT2D eigenvalue weighted by Crippen LogP contribution is -2.12. The first-order valence-corrected chi connectivity index (χ1v) is 6.00. The van der Waals surface area contributed by atoms with Gasteiger partial charge in [0.25, 0.3) is 5.69 Å². The van der Waals surface area contributed by atoms with Crippen molar-refractivity contribution in [2.75, 3.05) is 25.1 Å². The van der Waals surface area contributed by atoms with E-state index < -0.39 is 28.0 Å². The molecule has 0 spiro atoms. The maximum Gasteiger partial charge on any atom is 0.342 e. The molecule has 0 unspecified atom stereocenters. The number of nitro benzene ring substituents is 1. The van der Waals surface area contributed by atoms with Crippen LogP contribution in [-0.4, -0.2) is 35.8 Å². The van der Waals surface area contributed by atoms with Gasteiger partial charge in [0, 0.05) is 6.54 Å². The molecule has 7 nitrogen and oxygen atoms in total. The molecule has 0 aliphatic rings. The van der Waals surface area contributed by atoms with Crippen molar-refractivity contribution < 1.29 is 24.0 Å². The Kier molecular flexibility index (Phi) is 5.79. The first-order valence-electron chi connectivity index (χ1n) is 6.00. The summed E-state index contributed by atoms with van der Waals surface area (Å²) in [4.78, 5) is 20.7. The summed E-state index contributed by atoms with van der Waals surface area (Å²) in [6.07, 6.45) is 0. The van der Waals surface area contributed by atoms with E-state index in [2.05, 4.69) is 11.9 Å². The molecule has 21 heavy (non-hydrogen) atoms. The average molecular weight is 298 g/mol. The summed E-state index contributed by atoms with van der Waals surface area (Å²) in [5.41, 5.74) is -0.655. The number of anilines is 1. The highest BCUT2D eigenvalue weighted by Gasteiger charge is 2.23. The zero-order valence-corrected chi connectivity index (χ0v) is 11.4. The second-order valence-corrected chi connectivity index (χ2v) is 4.35. The number of benzene rings is 1. The number of carboxylic acid groups (broad SMARTS) is 1. The molecular formula is C13H15FN2O5. The number of aromatic carboxylic acids is 1. The third kappa shape index (κ3) is 4.84. The van der Waals surface area contributed by atoms with E-state index in [4.69, 9.17) is 9.84 Å². The third-order valence-corrected chi connectivity index (χ3v) is 2.42. The van der Waals surface area contributed by atoms with Gasteiger partial charge >= 0.3 is 5.97 Å². The van der Waals surface area contributed by atoms with Crippen LogP contribution in [0, 0.1) is 15.9 Å². The molecule has 0 bridgehead atoms. The van der Waals surface area contributed by atoms with Gasteiger partial charge in [0.15, 0.2) is 5.82 Å². The quantitative estimate of drug-likeness (QED) is 0.331. The lowest BCUT2D eigenvalue weighted by Gasteiger charge is -2.09. The van der Waals surface area contributed by atoms with Crippen LogP contribution in [-0.2, 0) is 4.74 Å². The number of nitrogens with zero attached hydrogens (tertiary/aromatic N) is 1. The Morgan fingerprint density at radius 3 is 2.76 bits per heavy atom. The maximum absolute atomic E-state index is 13.7. The fourth-order valence-corrected chi connectivity index (χ4v) is 1.52. The van der Waals surface area contributed by atoms with Crippen LogP contribution in [0.5, 0.6) is 0 Å². The standard InChI is InChI=1S/C13H15FN2O5/c1-8(2)7-21-4-3-15-11-5-9(13(17)18)12(16(19)20)6-10(11)14/h5-6,15H,1,3-4,7H2,2H3,(H,17,18). The fourth-order valence-electron chi connectivity index (χ4n) is 1.52. The molecule has 0 aliphatic carbocycles. The topological polar surface area (TPSA) is 102 Å². The van der Waals surface area contributed by atoms with E-state index >= 15 is 0 Å². The van der Waals surface area contributed by atoms with Crippen molar-refractivity contribution in [1.82, 2.24) is 0 Å². The van der Waals surface area contributed by atoms with Crippen LogP contribution >= 0.6 is 0 Å². The van der Waals surface area contributed by atoms with Gasteiger partial charge in [-0.2, -0.15) is 0 Å². The van der Waals surface area contributed by atoms with E-state index in [1.165, 1.54) is 0 Å². The highest BCUT2D eigenvalue weighted by molar-refractivity contribution is 5.93. The van der Waals surface area contributed by atoms with Crippen molar-refractivity contribution in [2.45, 2.75) is 6.92 Å². The fraction of sp³-hybridized carbons (Fsp3) is 0.308. The lowest BCUT2D eigenvalue weighted by molar-refractivity contribution is -0.385. The summed E-state index contributed by atoms with van der Waals surface area (Å²) in [6, 6.07) is 1.48. The van der Waals surface area contributed by atoms with E-state index in [0.29, 0.717) is 12.7 Å². The van der Waals surface area contributed by atoms with Crippen LogP contribution < -0.4 is 5.32 Å². The number of nitro groups is 1. The van der Waals surface area contributed by atoms with Crippen LogP contribution in [0.3, 0.4) is 0 Å². The van der Waals surface area contributed by atoms with E-state index in [9.17, 15) is 19.3 Å². The molecule has 1 rings (SSSR count). The van der Waals surface area contributed by atoms with Gasteiger partial charge in [0.05, 0.1) is 29.9 Å². The van der Waals surface area contributed by atoms with Gasteiger partial charge in [0.2, 0.25) is 0 Å². The van der Waals surface area contributed by atoms with Gasteiger partial charge in [-0.05, 0) is 13.0 Å². The summed E-state index contributed by atoms with van der Waals surface area (Å²) in [5, 5.41) is 22.2. The normalized spacial score (nSPS) is 10.2. The Morgan fingerprint density at radius 1 is 1.57 bits per heavy atom. The zero-order chi connectivity index (χ0) is 16.0. The number of hydrogen-bond donors (Lipinski definition) is 2. The van der Waals surface area contributed by atoms with Gasteiger partial charge in [-0.25, -0.2) is 9.18 Å². The van der Waals surface area contributed by atoms with Crippen LogP contribution in [0.15, 0.2) is 24.3 Å². The molecule has 0 radical (unpaired) electrons. The van der Waals surface area contributed by atoms with Crippen LogP contribution in [0.1, 0.15) is 17.3 Å². The number of rotatable bonds is 8. The van der Waals surface area contributed by atoms with Crippen molar-refractivity contribution in [2.24, 2.45) is 0 Å². The summed E-state index contributed by atoms with van der Waals surface area (Å²) in [7, 11) is 0. The molecule has 1 aromatic carbocycles. The molecule has 0 aliphatic heterocycles. The van der Waals surface area contributed by atoms with Gasteiger partial charge in [0.1, 0.15) is 5.56 Å². The molecule has 0 heterocycles. The van der Waals surface area contributed by atoms with Crippen molar-refractivity contribution in [3.63, 3.8) is 0 Å². The van der Waals surface area contributed by atoms with E-state index in [1.807, 2.05) is 0 Å². The van der Waals surface area contributed by atoms with Gasteiger partial charge in [-0.1, -0.05) is 12.2 Å². The molecule has 0 amide bonds. The second kappa shape index (κ2) is 7.34. The molecule has 114 valence electrons. The van der Waals surface area contributed by atoms with Gasteiger partial charge in [-0.15, -0.1) is 0 Å². The SMILES string of the molecule is C=C(C)COCCNc1cc(C(=O)O)c([N+](=O)[O-])cc1F. The van der Waals surface area contributed by atoms with Crippen molar-refractivity contribution in [1.29, 1.82) is 0 Å². The summed E-state index contributed by atoms with van der Waals surface area (Å²) in [6.45, 7) is 6.29. The van der Waals surface area contributed by atoms with E-state index in [1.54, 1.807) is 6.92 Å². The van der Waals surface area contributed by atoms with E-state index in [-0.39, 0.29) is 18.8 Å². The number of nitrogens with one attached hydrogen (secondary N) is 1. The Labute approximate surface area is 120 Å². The minimum Gasteiger partial charge on any atom is -0.477 e. The van der Waals surface area contributed by atoms with Crippen LogP contribution in [0.4, 0.5) is 15.8 Å². The predicted molar refractivity (Wildman–Crippen MR) is 74.1 cm³/mol. The Morgan fingerprint density at radius 2 is 2.24 bits per heavy atom. The second-order valence-electron chi connectivity index (χ2n) is 4.35. The van der Waals surface area contributed by atoms with Gasteiger partial charge in [-0.3, -0.25) is 10.1 Å². The number of ether oxygens (including phenoxy) is 1. The Balaban J connectivity index is 2.79. The van der Waals surface area contributed by atoms with E-state index in [0.717, 1.165) is 11.6 Å². The lowest BCUT2D eigenvalue weighted by atomic mass is 10.1. The van der Waals surface area contributed by atoms with Crippen molar-refractivity contribution in [3.8, 4) is 0 Å². The molecular weight excluding hydrogens is 283 g/mol.